The fourth-order valence-corrected chi connectivity index (χ4v) is 0.993. The van der Waals surface area contributed by atoms with E-state index in [-0.39, 0.29) is 6.42 Å². The second-order valence-electron chi connectivity index (χ2n) is 2.92. The molecule has 0 aliphatic rings. The van der Waals surface area contributed by atoms with Crippen LogP contribution in [-0.4, -0.2) is 11.1 Å². The Morgan fingerprint density at radius 2 is 1.77 bits per heavy atom. The molecule has 0 aromatic rings. The number of rotatable bonds is 7. The Balaban J connectivity index is 3.15. The van der Waals surface area contributed by atoms with Crippen molar-refractivity contribution in [2.75, 3.05) is 0 Å². The summed E-state index contributed by atoms with van der Waals surface area (Å²) in [4.78, 5) is 10.1. The second-order valence-corrected chi connectivity index (χ2v) is 2.92. The Kier molecular flexibility index (Phi) is 8.31. The van der Waals surface area contributed by atoms with Gasteiger partial charge in [-0.25, -0.2) is 0 Å². The van der Waals surface area contributed by atoms with E-state index in [0.717, 1.165) is 19.3 Å². The first-order valence-electron chi connectivity index (χ1n) is 4.75. The van der Waals surface area contributed by atoms with Gasteiger partial charge < -0.3 is 5.11 Å². The van der Waals surface area contributed by atoms with Gasteiger partial charge in [0.15, 0.2) is 0 Å². The smallest absolute Gasteiger partial charge is 0.307 e. The van der Waals surface area contributed by atoms with Crippen LogP contribution in [0.25, 0.3) is 0 Å². The molecule has 13 heavy (non-hydrogen) atoms. The van der Waals surface area contributed by atoms with Crippen molar-refractivity contribution in [1.29, 1.82) is 0 Å². The predicted octanol–water partition coefficient (Wildman–Crippen LogP) is 3.15. The highest BCUT2D eigenvalue weighted by Crippen LogP contribution is 2.01. The number of hydrogen-bond donors (Lipinski definition) is 1. The van der Waals surface area contributed by atoms with E-state index in [9.17, 15) is 4.79 Å². The molecule has 0 aromatic heterocycles. The molecular weight excluding hydrogens is 164 g/mol. The van der Waals surface area contributed by atoms with E-state index in [2.05, 4.69) is 12.2 Å². The van der Waals surface area contributed by atoms with Crippen LogP contribution in [0.2, 0.25) is 0 Å². The van der Waals surface area contributed by atoms with Crippen LogP contribution in [0.15, 0.2) is 24.3 Å². The fraction of sp³-hybridized carbons (Fsp3) is 0.545. The maximum absolute atomic E-state index is 10.1. The Hall–Kier alpha value is -1.05. The number of carboxylic acid groups (broad SMARTS) is 1. The van der Waals surface area contributed by atoms with E-state index in [4.69, 9.17) is 5.11 Å². The van der Waals surface area contributed by atoms with Crippen molar-refractivity contribution in [2.24, 2.45) is 0 Å². The van der Waals surface area contributed by atoms with E-state index in [0.29, 0.717) is 0 Å². The Morgan fingerprint density at radius 1 is 1.15 bits per heavy atom. The van der Waals surface area contributed by atoms with Crippen LogP contribution >= 0.6 is 0 Å². The number of hydrogen-bond acceptors (Lipinski definition) is 1. The number of carbonyl (C=O) groups is 1. The molecule has 0 atom stereocenters. The van der Waals surface area contributed by atoms with Gasteiger partial charge in [-0.1, -0.05) is 24.3 Å². The molecule has 0 bridgehead atoms. The van der Waals surface area contributed by atoms with E-state index >= 15 is 0 Å². The zero-order chi connectivity index (χ0) is 9.94. The molecule has 1 N–H and O–H groups in total. The average molecular weight is 182 g/mol. The van der Waals surface area contributed by atoms with Crippen LogP contribution in [0.4, 0.5) is 0 Å². The van der Waals surface area contributed by atoms with E-state index in [1.165, 1.54) is 6.42 Å². The van der Waals surface area contributed by atoms with Gasteiger partial charge in [0.2, 0.25) is 0 Å². The van der Waals surface area contributed by atoms with Crippen LogP contribution in [0.3, 0.4) is 0 Å². The third-order valence-corrected chi connectivity index (χ3v) is 1.69. The lowest BCUT2D eigenvalue weighted by atomic mass is 10.2. The maximum Gasteiger partial charge on any atom is 0.307 e. The minimum absolute atomic E-state index is 0.148. The lowest BCUT2D eigenvalue weighted by Gasteiger charge is -1.92. The van der Waals surface area contributed by atoms with Gasteiger partial charge in [-0.05, 0) is 32.6 Å². The highest BCUT2D eigenvalue weighted by molar-refractivity contribution is 5.68. The Morgan fingerprint density at radius 3 is 2.31 bits per heavy atom. The lowest BCUT2D eigenvalue weighted by Crippen LogP contribution is -1.89. The maximum atomic E-state index is 10.1. The van der Waals surface area contributed by atoms with E-state index < -0.39 is 5.97 Å². The van der Waals surface area contributed by atoms with E-state index in [1.807, 2.05) is 13.0 Å². The van der Waals surface area contributed by atoms with Crippen LogP contribution in [0.1, 0.15) is 39.0 Å². The van der Waals surface area contributed by atoms with Gasteiger partial charge in [0.25, 0.3) is 0 Å². The first-order valence-corrected chi connectivity index (χ1v) is 4.75. The molecule has 0 radical (unpaired) electrons. The summed E-state index contributed by atoms with van der Waals surface area (Å²) < 4.78 is 0. The molecule has 0 saturated heterocycles. The summed E-state index contributed by atoms with van der Waals surface area (Å²) in [5.74, 6) is -0.759. The van der Waals surface area contributed by atoms with Crippen molar-refractivity contribution < 1.29 is 9.90 Å². The molecule has 0 unspecified atom stereocenters. The number of aliphatic carboxylic acids is 1. The molecule has 0 amide bonds. The minimum atomic E-state index is -0.759. The quantitative estimate of drug-likeness (QED) is 0.485. The van der Waals surface area contributed by atoms with Gasteiger partial charge in [0, 0.05) is 0 Å². The van der Waals surface area contributed by atoms with Gasteiger partial charge in [-0.2, -0.15) is 0 Å². The van der Waals surface area contributed by atoms with Crippen LogP contribution in [0, 0.1) is 0 Å². The predicted molar refractivity (Wildman–Crippen MR) is 54.7 cm³/mol. The zero-order valence-corrected chi connectivity index (χ0v) is 8.20. The lowest BCUT2D eigenvalue weighted by molar-refractivity contribution is -0.136. The Bertz CT molecular complexity index is 181. The number of unbranched alkanes of at least 4 members (excludes halogenated alkanes) is 3. The summed E-state index contributed by atoms with van der Waals surface area (Å²) in [7, 11) is 0. The van der Waals surface area contributed by atoms with Crippen LogP contribution < -0.4 is 0 Å². The highest BCUT2D eigenvalue weighted by atomic mass is 16.4. The number of allylic oxidation sites excluding steroid dienone is 3. The van der Waals surface area contributed by atoms with Gasteiger partial charge >= 0.3 is 5.97 Å². The molecule has 2 nitrogen and oxygen atoms in total. The standard InChI is InChI=1S/C11H18O2/c1-2-3-4-5-6-7-8-9-10-11(12)13/h2-3,8-9H,4-7,10H2,1H3,(H,12,13). The van der Waals surface area contributed by atoms with Crippen molar-refractivity contribution in [2.45, 2.75) is 39.0 Å². The monoisotopic (exact) mass is 182 g/mol. The second kappa shape index (κ2) is 9.04. The molecule has 0 spiro atoms. The third-order valence-electron chi connectivity index (χ3n) is 1.69. The molecule has 0 heterocycles. The zero-order valence-electron chi connectivity index (χ0n) is 8.20. The highest BCUT2D eigenvalue weighted by Gasteiger charge is 1.88. The van der Waals surface area contributed by atoms with Gasteiger partial charge in [0.1, 0.15) is 0 Å². The van der Waals surface area contributed by atoms with Crippen molar-refractivity contribution in [3.63, 3.8) is 0 Å². The van der Waals surface area contributed by atoms with Gasteiger partial charge in [0.05, 0.1) is 6.42 Å². The largest absolute Gasteiger partial charge is 0.481 e. The molecule has 0 aliphatic heterocycles. The summed E-state index contributed by atoms with van der Waals surface area (Å²) in [6.07, 6.45) is 12.5. The average Bonchev–Trinajstić information content (AvgIpc) is 2.09. The summed E-state index contributed by atoms with van der Waals surface area (Å²) in [5.41, 5.74) is 0. The summed E-state index contributed by atoms with van der Waals surface area (Å²) in [5, 5.41) is 8.33. The molecular formula is C11H18O2. The Labute approximate surface area is 80.0 Å². The first-order chi connectivity index (χ1) is 6.27. The van der Waals surface area contributed by atoms with Crippen LogP contribution in [0.5, 0.6) is 0 Å². The minimum Gasteiger partial charge on any atom is -0.481 e. The molecule has 0 aliphatic carbocycles. The molecule has 0 fully saturated rings. The van der Waals surface area contributed by atoms with Crippen molar-refractivity contribution >= 4 is 5.97 Å². The molecule has 74 valence electrons. The fourth-order valence-electron chi connectivity index (χ4n) is 0.993. The normalized spacial score (nSPS) is 11.5. The first kappa shape index (κ1) is 11.9. The third kappa shape index (κ3) is 10.9. The topological polar surface area (TPSA) is 37.3 Å². The molecule has 0 rings (SSSR count). The SMILES string of the molecule is CC=CCCCCC=CCC(=O)O. The van der Waals surface area contributed by atoms with Crippen molar-refractivity contribution in [1.82, 2.24) is 0 Å². The molecule has 0 aromatic carbocycles. The molecule has 2 heteroatoms. The number of carboxylic acids is 1. The summed E-state index contributed by atoms with van der Waals surface area (Å²) in [6.45, 7) is 2.02. The summed E-state index contributed by atoms with van der Waals surface area (Å²) in [6, 6.07) is 0. The molecule has 0 saturated carbocycles. The van der Waals surface area contributed by atoms with Gasteiger partial charge in [-0.15, -0.1) is 0 Å². The van der Waals surface area contributed by atoms with Crippen molar-refractivity contribution in [3.05, 3.63) is 24.3 Å². The van der Waals surface area contributed by atoms with Crippen molar-refractivity contribution in [3.8, 4) is 0 Å². The van der Waals surface area contributed by atoms with E-state index in [1.54, 1.807) is 6.08 Å². The van der Waals surface area contributed by atoms with Gasteiger partial charge in [-0.3, -0.25) is 4.79 Å². The van der Waals surface area contributed by atoms with Crippen LogP contribution in [-0.2, 0) is 4.79 Å². The summed E-state index contributed by atoms with van der Waals surface area (Å²) >= 11 is 0.